The molecular formula is C9H10F3IN2O2. The minimum absolute atomic E-state index is 0.00452. The average molecular weight is 362 g/mol. The Morgan fingerprint density at radius 1 is 1.53 bits per heavy atom. The lowest BCUT2D eigenvalue weighted by molar-refractivity contribution is -0.142. The number of aromatic nitrogens is 2. The highest BCUT2D eigenvalue weighted by atomic mass is 127. The molecule has 8 heteroatoms. The second-order valence-corrected chi connectivity index (χ2v) is 4.97. The molecule has 0 spiro atoms. The highest BCUT2D eigenvalue weighted by Crippen LogP contribution is 2.33. The maximum atomic E-state index is 12.6. The maximum Gasteiger partial charge on any atom is 0.436 e. The first kappa shape index (κ1) is 14.3. The van der Waals surface area contributed by atoms with Crippen molar-refractivity contribution in [3.8, 4) is 0 Å². The van der Waals surface area contributed by atoms with Crippen LogP contribution in [0.15, 0.2) is 0 Å². The summed E-state index contributed by atoms with van der Waals surface area (Å²) in [5.41, 5.74) is -1.55. The van der Waals surface area contributed by atoms with Gasteiger partial charge in [0.2, 0.25) is 0 Å². The number of hydrogen-bond acceptors (Lipinski definition) is 2. The van der Waals surface area contributed by atoms with Crippen LogP contribution in [0.5, 0.6) is 0 Å². The molecule has 0 aliphatic heterocycles. The van der Waals surface area contributed by atoms with Gasteiger partial charge in [0, 0.05) is 6.54 Å². The topological polar surface area (TPSA) is 55.1 Å². The van der Waals surface area contributed by atoms with E-state index in [0.29, 0.717) is 0 Å². The van der Waals surface area contributed by atoms with Gasteiger partial charge >= 0.3 is 12.1 Å². The molecule has 0 saturated carbocycles. The van der Waals surface area contributed by atoms with E-state index < -0.39 is 23.5 Å². The quantitative estimate of drug-likeness (QED) is 0.842. The number of carboxylic acids is 1. The molecule has 1 rings (SSSR count). The van der Waals surface area contributed by atoms with Crippen LogP contribution in [0.2, 0.25) is 0 Å². The molecule has 1 heterocycles. The Morgan fingerprint density at radius 2 is 2.06 bits per heavy atom. The molecule has 0 unspecified atom stereocenters. The van der Waals surface area contributed by atoms with Gasteiger partial charge in [0.1, 0.15) is 0 Å². The van der Waals surface area contributed by atoms with Gasteiger partial charge in [-0.3, -0.25) is 4.68 Å². The zero-order chi connectivity index (χ0) is 13.4. The Kier molecular flexibility index (Phi) is 4.05. The molecule has 1 aromatic rings. The van der Waals surface area contributed by atoms with Crippen molar-refractivity contribution < 1.29 is 23.1 Å². The van der Waals surface area contributed by atoms with Crippen molar-refractivity contribution in [1.29, 1.82) is 0 Å². The van der Waals surface area contributed by atoms with E-state index in [0.717, 1.165) is 4.68 Å². The summed E-state index contributed by atoms with van der Waals surface area (Å²) in [6.45, 7) is 3.68. The first-order valence-electron chi connectivity index (χ1n) is 4.71. The molecular weight excluding hydrogens is 352 g/mol. The molecule has 0 bridgehead atoms. The van der Waals surface area contributed by atoms with Crippen LogP contribution in [-0.4, -0.2) is 20.9 Å². The van der Waals surface area contributed by atoms with E-state index in [-0.39, 0.29) is 16.0 Å². The standard InChI is InChI=1S/C9H10F3IN2O2/c1-4(2)3-15-6(8(16)17)5(13)7(14-15)9(10,11)12/h4H,3H2,1-2H3,(H,16,17). The van der Waals surface area contributed by atoms with Gasteiger partial charge in [0.25, 0.3) is 0 Å². The first-order valence-corrected chi connectivity index (χ1v) is 5.79. The van der Waals surface area contributed by atoms with Gasteiger partial charge in [0.15, 0.2) is 11.4 Å². The lowest BCUT2D eigenvalue weighted by atomic mass is 10.2. The predicted octanol–water partition coefficient (Wildman–Crippen LogP) is 2.86. The number of nitrogens with zero attached hydrogens (tertiary/aromatic N) is 2. The zero-order valence-corrected chi connectivity index (χ0v) is 11.2. The molecule has 0 aliphatic carbocycles. The lowest BCUT2D eigenvalue weighted by Gasteiger charge is -2.07. The van der Waals surface area contributed by atoms with Crippen molar-refractivity contribution in [2.75, 3.05) is 0 Å². The van der Waals surface area contributed by atoms with Crippen LogP contribution in [0.4, 0.5) is 13.2 Å². The summed E-state index contributed by atoms with van der Waals surface area (Å²) in [6.07, 6.45) is -4.64. The lowest BCUT2D eigenvalue weighted by Crippen LogP contribution is -2.14. The fourth-order valence-corrected chi connectivity index (χ4v) is 2.23. The van der Waals surface area contributed by atoms with Crippen molar-refractivity contribution in [2.24, 2.45) is 5.92 Å². The van der Waals surface area contributed by atoms with Crippen molar-refractivity contribution >= 4 is 28.6 Å². The smallest absolute Gasteiger partial charge is 0.436 e. The Hall–Kier alpha value is -0.800. The molecule has 0 aromatic carbocycles. The van der Waals surface area contributed by atoms with Crippen LogP contribution in [-0.2, 0) is 12.7 Å². The van der Waals surface area contributed by atoms with Gasteiger partial charge in [-0.05, 0) is 28.5 Å². The van der Waals surface area contributed by atoms with Gasteiger partial charge in [-0.25, -0.2) is 4.79 Å². The molecule has 0 amide bonds. The summed E-state index contributed by atoms with van der Waals surface area (Å²) >= 11 is 1.36. The van der Waals surface area contributed by atoms with Crippen LogP contribution in [0.1, 0.15) is 30.0 Å². The zero-order valence-electron chi connectivity index (χ0n) is 9.05. The molecule has 1 N–H and O–H groups in total. The van der Waals surface area contributed by atoms with Crippen molar-refractivity contribution in [3.05, 3.63) is 15.0 Å². The van der Waals surface area contributed by atoms with Crippen molar-refractivity contribution in [1.82, 2.24) is 9.78 Å². The second kappa shape index (κ2) is 4.83. The number of rotatable bonds is 3. The van der Waals surface area contributed by atoms with E-state index in [1.807, 2.05) is 0 Å². The van der Waals surface area contributed by atoms with Gasteiger partial charge in [-0.1, -0.05) is 13.8 Å². The summed E-state index contributed by atoms with van der Waals surface area (Å²) in [5.74, 6) is -1.40. The van der Waals surface area contributed by atoms with Gasteiger partial charge in [-0.15, -0.1) is 0 Å². The normalized spacial score (nSPS) is 12.2. The first-order chi connectivity index (χ1) is 7.64. The summed E-state index contributed by atoms with van der Waals surface area (Å²) in [6, 6.07) is 0. The monoisotopic (exact) mass is 362 g/mol. The van der Waals surface area contributed by atoms with Crippen molar-refractivity contribution in [3.63, 3.8) is 0 Å². The van der Waals surface area contributed by atoms with Crippen LogP contribution < -0.4 is 0 Å². The fourth-order valence-electron chi connectivity index (χ4n) is 1.30. The molecule has 0 fully saturated rings. The summed E-state index contributed by atoms with van der Waals surface area (Å²) < 4.78 is 38.2. The van der Waals surface area contributed by atoms with E-state index in [1.54, 1.807) is 13.8 Å². The molecule has 4 nitrogen and oxygen atoms in total. The van der Waals surface area contributed by atoms with Crippen LogP contribution >= 0.6 is 22.6 Å². The third kappa shape index (κ3) is 3.11. The van der Waals surface area contributed by atoms with Gasteiger partial charge in [-0.2, -0.15) is 18.3 Å². The number of alkyl halides is 3. The van der Waals surface area contributed by atoms with Gasteiger partial charge < -0.3 is 5.11 Å². The van der Waals surface area contributed by atoms with Crippen LogP contribution in [0.3, 0.4) is 0 Å². The molecule has 96 valence electrons. The van der Waals surface area contributed by atoms with E-state index >= 15 is 0 Å². The molecule has 1 aromatic heterocycles. The third-order valence-electron chi connectivity index (χ3n) is 1.90. The minimum atomic E-state index is -4.64. The molecule has 17 heavy (non-hydrogen) atoms. The Morgan fingerprint density at radius 3 is 2.41 bits per heavy atom. The van der Waals surface area contributed by atoms with Crippen LogP contribution in [0, 0.1) is 9.49 Å². The number of aromatic carboxylic acids is 1. The Labute approximate surface area is 109 Å². The highest BCUT2D eigenvalue weighted by Gasteiger charge is 2.39. The predicted molar refractivity (Wildman–Crippen MR) is 61.7 cm³/mol. The number of carboxylic acid groups (broad SMARTS) is 1. The fraction of sp³-hybridized carbons (Fsp3) is 0.556. The summed E-state index contributed by atoms with van der Waals surface area (Å²) in [5, 5.41) is 12.3. The summed E-state index contributed by atoms with van der Waals surface area (Å²) in [4.78, 5) is 10.9. The number of halogens is 4. The largest absolute Gasteiger partial charge is 0.476 e. The molecule has 0 radical (unpaired) electrons. The minimum Gasteiger partial charge on any atom is -0.476 e. The number of hydrogen-bond donors (Lipinski definition) is 1. The highest BCUT2D eigenvalue weighted by molar-refractivity contribution is 14.1. The van der Waals surface area contributed by atoms with E-state index in [4.69, 9.17) is 5.11 Å². The summed E-state index contributed by atoms with van der Waals surface area (Å²) in [7, 11) is 0. The third-order valence-corrected chi connectivity index (χ3v) is 2.93. The number of carbonyl (C=O) groups is 1. The van der Waals surface area contributed by atoms with Crippen molar-refractivity contribution in [2.45, 2.75) is 26.6 Å². The molecule has 0 saturated heterocycles. The van der Waals surface area contributed by atoms with E-state index in [1.165, 1.54) is 22.6 Å². The average Bonchev–Trinajstić information content (AvgIpc) is 2.40. The molecule has 0 atom stereocenters. The second-order valence-electron chi connectivity index (χ2n) is 3.89. The Balaban J connectivity index is 3.35. The maximum absolute atomic E-state index is 12.6. The van der Waals surface area contributed by atoms with E-state index in [9.17, 15) is 18.0 Å². The van der Waals surface area contributed by atoms with Gasteiger partial charge in [0.05, 0.1) is 3.57 Å². The van der Waals surface area contributed by atoms with E-state index in [2.05, 4.69) is 5.10 Å². The SMILES string of the molecule is CC(C)Cn1nc(C(F)(F)F)c(I)c1C(=O)O. The molecule has 0 aliphatic rings. The van der Waals surface area contributed by atoms with Crippen LogP contribution in [0.25, 0.3) is 0 Å². The Bertz CT molecular complexity index is 440.